The molecule has 0 amide bonds. The van der Waals surface area contributed by atoms with Gasteiger partial charge in [0.2, 0.25) is 14.9 Å². The Balaban J connectivity index is 2.59. The van der Waals surface area contributed by atoms with Gasteiger partial charge in [-0.25, -0.2) is 13.1 Å². The van der Waals surface area contributed by atoms with E-state index in [4.69, 9.17) is 5.73 Å². The third kappa shape index (κ3) is 3.69. The molecule has 0 atom stereocenters. The highest BCUT2D eigenvalue weighted by Gasteiger charge is 2.21. The van der Waals surface area contributed by atoms with Gasteiger partial charge in [-0.1, -0.05) is 44.7 Å². The van der Waals surface area contributed by atoms with Crippen molar-refractivity contribution < 1.29 is 8.42 Å². The molecule has 1 heterocycles. The first-order chi connectivity index (χ1) is 8.53. The quantitative estimate of drug-likeness (QED) is 0.727. The maximum Gasteiger partial charge on any atom is 0.220 e. The number of aryl methyl sites for hydroxylation is 1. The summed E-state index contributed by atoms with van der Waals surface area (Å²) in [5.41, 5.74) is 5.76. The number of hydrogen-bond acceptors (Lipinski definition) is 5. The van der Waals surface area contributed by atoms with Crippen LogP contribution in [-0.4, -0.2) is 29.2 Å². The van der Waals surface area contributed by atoms with Crippen LogP contribution in [0.25, 0.3) is 0 Å². The molecule has 0 radical (unpaired) electrons. The van der Waals surface area contributed by atoms with E-state index in [1.807, 2.05) is 0 Å². The van der Waals surface area contributed by atoms with Crippen LogP contribution in [0.2, 0.25) is 0 Å². The third-order valence-electron chi connectivity index (χ3n) is 2.89. The van der Waals surface area contributed by atoms with Gasteiger partial charge in [0.1, 0.15) is 0 Å². The zero-order valence-electron chi connectivity index (χ0n) is 11.1. The molecule has 18 heavy (non-hydrogen) atoms. The third-order valence-corrected chi connectivity index (χ3v) is 4.53. The smallest absolute Gasteiger partial charge is 0.220 e. The maximum absolute atomic E-state index is 11.7. The molecule has 0 aliphatic heterocycles. The topological polar surface area (TPSA) is 90.9 Å². The van der Waals surface area contributed by atoms with Crippen molar-refractivity contribution in [2.24, 2.45) is 0 Å². The first-order valence-corrected chi connectivity index (χ1v) is 8.09. The highest BCUT2D eigenvalue weighted by Crippen LogP contribution is 2.16. The van der Waals surface area contributed by atoms with E-state index in [2.05, 4.69) is 17.2 Å². The molecule has 0 spiro atoms. The summed E-state index contributed by atoms with van der Waals surface area (Å²) < 4.78 is 24.8. The van der Waals surface area contributed by atoms with Gasteiger partial charge in [0.05, 0.1) is 5.75 Å². The number of unbranched alkanes of at least 4 members (excludes halogenated alkanes) is 4. The molecule has 0 aliphatic rings. The number of nitrogens with two attached hydrogens (primary N) is 1. The molecule has 104 valence electrons. The molecular weight excluding hydrogens is 252 g/mol. The number of sulfone groups is 1. The molecule has 0 bridgehead atoms. The lowest BCUT2D eigenvalue weighted by Gasteiger charge is -2.03. The number of hydrogen-bond donors (Lipinski definition) is 1. The van der Waals surface area contributed by atoms with Crippen LogP contribution in [0, 0.1) is 0 Å². The zero-order chi connectivity index (χ0) is 13.6. The van der Waals surface area contributed by atoms with Gasteiger partial charge in [0, 0.05) is 6.54 Å². The van der Waals surface area contributed by atoms with Crippen molar-refractivity contribution in [1.29, 1.82) is 0 Å². The second-order valence-electron chi connectivity index (χ2n) is 4.32. The standard InChI is InChI=1S/C11H22N4O2S/c1-3-5-6-7-8-9-15-10(12)11(13-14-15)18(16,17)4-2/h3-9,12H2,1-2H3. The predicted molar refractivity (Wildman–Crippen MR) is 70.9 cm³/mol. The van der Waals surface area contributed by atoms with Crippen molar-refractivity contribution >= 4 is 15.7 Å². The Morgan fingerprint density at radius 2 is 1.83 bits per heavy atom. The molecule has 6 nitrogen and oxygen atoms in total. The minimum atomic E-state index is -3.37. The summed E-state index contributed by atoms with van der Waals surface area (Å²) in [5.74, 6) is 0.152. The molecule has 0 unspecified atom stereocenters. The van der Waals surface area contributed by atoms with Crippen molar-refractivity contribution in [3.63, 3.8) is 0 Å². The van der Waals surface area contributed by atoms with E-state index >= 15 is 0 Å². The van der Waals surface area contributed by atoms with Crippen LogP contribution in [0.4, 0.5) is 5.82 Å². The van der Waals surface area contributed by atoms with Crippen LogP contribution in [0.15, 0.2) is 5.03 Å². The lowest BCUT2D eigenvalue weighted by atomic mass is 10.1. The molecule has 1 aromatic heterocycles. The highest BCUT2D eigenvalue weighted by atomic mass is 32.2. The maximum atomic E-state index is 11.7. The van der Waals surface area contributed by atoms with Crippen molar-refractivity contribution in [2.75, 3.05) is 11.5 Å². The van der Waals surface area contributed by atoms with Crippen LogP contribution < -0.4 is 5.73 Å². The first-order valence-electron chi connectivity index (χ1n) is 6.44. The average molecular weight is 274 g/mol. The van der Waals surface area contributed by atoms with Gasteiger partial charge < -0.3 is 5.73 Å². The van der Waals surface area contributed by atoms with Crippen molar-refractivity contribution in [2.45, 2.75) is 57.5 Å². The molecular formula is C11H22N4O2S. The van der Waals surface area contributed by atoms with E-state index in [1.54, 1.807) is 6.92 Å². The average Bonchev–Trinajstić information content (AvgIpc) is 2.71. The lowest BCUT2D eigenvalue weighted by molar-refractivity contribution is 0.525. The van der Waals surface area contributed by atoms with Gasteiger partial charge in [-0.15, -0.1) is 5.10 Å². The molecule has 1 rings (SSSR count). The predicted octanol–water partition coefficient (Wildman–Crippen LogP) is 1.62. The summed E-state index contributed by atoms with van der Waals surface area (Å²) in [6, 6.07) is 0. The summed E-state index contributed by atoms with van der Waals surface area (Å²) in [6.45, 7) is 4.36. The number of rotatable bonds is 8. The van der Waals surface area contributed by atoms with E-state index in [0.717, 1.165) is 12.8 Å². The van der Waals surface area contributed by atoms with Gasteiger partial charge in [-0.2, -0.15) is 0 Å². The summed E-state index contributed by atoms with van der Waals surface area (Å²) in [6.07, 6.45) is 5.65. The monoisotopic (exact) mass is 274 g/mol. The molecule has 1 aromatic rings. The van der Waals surface area contributed by atoms with Crippen molar-refractivity contribution in [3.05, 3.63) is 0 Å². The fraction of sp³-hybridized carbons (Fsp3) is 0.818. The van der Waals surface area contributed by atoms with Crippen LogP contribution in [0.5, 0.6) is 0 Å². The minimum absolute atomic E-state index is 0.00755. The Kier molecular flexibility index (Phi) is 5.58. The van der Waals surface area contributed by atoms with Crippen molar-refractivity contribution in [3.8, 4) is 0 Å². The molecule has 2 N–H and O–H groups in total. The van der Waals surface area contributed by atoms with E-state index in [-0.39, 0.29) is 16.6 Å². The Morgan fingerprint density at radius 3 is 2.44 bits per heavy atom. The zero-order valence-corrected chi connectivity index (χ0v) is 11.9. The Morgan fingerprint density at radius 1 is 1.17 bits per heavy atom. The summed E-state index contributed by atoms with van der Waals surface area (Å²) in [7, 11) is -3.37. The summed E-state index contributed by atoms with van der Waals surface area (Å²) in [5, 5.41) is 7.40. The molecule has 7 heteroatoms. The first kappa shape index (κ1) is 14.9. The second-order valence-corrected chi connectivity index (χ2v) is 6.51. The number of aromatic nitrogens is 3. The molecule has 0 saturated carbocycles. The van der Waals surface area contributed by atoms with Gasteiger partial charge in [-0.3, -0.25) is 0 Å². The largest absolute Gasteiger partial charge is 0.381 e. The Labute approximate surface area is 108 Å². The molecule has 0 fully saturated rings. The van der Waals surface area contributed by atoms with Crippen LogP contribution >= 0.6 is 0 Å². The lowest BCUT2D eigenvalue weighted by Crippen LogP contribution is -2.09. The number of nitrogens with zero attached hydrogens (tertiary/aromatic N) is 3. The number of nitrogen functional groups attached to an aromatic ring is 1. The number of anilines is 1. The van der Waals surface area contributed by atoms with Gasteiger partial charge in [0.25, 0.3) is 0 Å². The molecule has 0 saturated heterocycles. The van der Waals surface area contributed by atoms with E-state index in [1.165, 1.54) is 23.9 Å². The Bertz CT molecular complexity index is 467. The van der Waals surface area contributed by atoms with Crippen molar-refractivity contribution in [1.82, 2.24) is 15.0 Å². The summed E-state index contributed by atoms with van der Waals surface area (Å²) in [4.78, 5) is 0. The second kappa shape index (κ2) is 6.72. The van der Waals surface area contributed by atoms with Gasteiger partial charge >= 0.3 is 0 Å². The molecule has 0 aliphatic carbocycles. The fourth-order valence-corrected chi connectivity index (χ4v) is 2.55. The van der Waals surface area contributed by atoms with Gasteiger partial charge in [0.15, 0.2) is 5.82 Å². The van der Waals surface area contributed by atoms with Crippen LogP contribution in [-0.2, 0) is 16.4 Å². The van der Waals surface area contributed by atoms with Crippen LogP contribution in [0.1, 0.15) is 46.0 Å². The normalized spacial score (nSPS) is 11.9. The summed E-state index contributed by atoms with van der Waals surface area (Å²) >= 11 is 0. The molecule has 0 aromatic carbocycles. The fourth-order valence-electron chi connectivity index (χ4n) is 1.69. The minimum Gasteiger partial charge on any atom is -0.381 e. The highest BCUT2D eigenvalue weighted by molar-refractivity contribution is 7.91. The van der Waals surface area contributed by atoms with E-state index in [9.17, 15) is 8.42 Å². The van der Waals surface area contributed by atoms with E-state index in [0.29, 0.717) is 6.54 Å². The van der Waals surface area contributed by atoms with Crippen LogP contribution in [0.3, 0.4) is 0 Å². The van der Waals surface area contributed by atoms with E-state index < -0.39 is 9.84 Å². The Hall–Kier alpha value is -1.11. The SMILES string of the molecule is CCCCCCCn1nnc(S(=O)(=O)CC)c1N. The van der Waals surface area contributed by atoms with Gasteiger partial charge in [-0.05, 0) is 6.42 Å².